The number of aromatic nitrogens is 6. The van der Waals surface area contributed by atoms with Crippen molar-refractivity contribution in [2.24, 2.45) is 0 Å². The Kier molecular flexibility index (Phi) is 43.6. The third-order valence-electron chi connectivity index (χ3n) is 12.7. The minimum atomic E-state index is -3.55. The Balaban J connectivity index is 0.000000304. The number of hydrogen-bond acceptors (Lipinski definition) is 12. The summed E-state index contributed by atoms with van der Waals surface area (Å²) in [6.07, 6.45) is 25.8. The van der Waals surface area contributed by atoms with Crippen LogP contribution in [-0.2, 0) is 76.6 Å². The number of rotatable bonds is 25. The summed E-state index contributed by atoms with van der Waals surface area (Å²) in [5, 5.41) is 9.11. The van der Waals surface area contributed by atoms with Gasteiger partial charge in [0.25, 0.3) is 9.05 Å². The molecule has 0 aliphatic carbocycles. The van der Waals surface area contributed by atoms with E-state index in [1.54, 1.807) is 36.9 Å². The van der Waals surface area contributed by atoms with Gasteiger partial charge < -0.3 is 24.1 Å². The van der Waals surface area contributed by atoms with Gasteiger partial charge in [-0.05, 0) is 156 Å². The lowest BCUT2D eigenvalue weighted by molar-refractivity contribution is -0.698. The van der Waals surface area contributed by atoms with Gasteiger partial charge in [-0.2, -0.15) is 0 Å². The van der Waals surface area contributed by atoms with Crippen LogP contribution in [0.15, 0.2) is 225 Å². The molecule has 0 aliphatic rings. The molecule has 94 heavy (non-hydrogen) atoms. The maximum Gasteiger partial charge on any atom is 0.261 e. The van der Waals surface area contributed by atoms with Crippen molar-refractivity contribution < 1.29 is 46.2 Å². The Hall–Kier alpha value is -5.75. The third kappa shape index (κ3) is 38.1. The first kappa shape index (κ1) is 82.5. The number of hydrogen-bond donors (Lipinski definition) is 1. The molecule has 3 aromatic carbocycles. The quantitative estimate of drug-likeness (QED) is 0.0191. The molecule has 496 valence electrons. The van der Waals surface area contributed by atoms with Gasteiger partial charge in [0, 0.05) is 102 Å². The first-order chi connectivity index (χ1) is 45.3. The Morgan fingerprint density at radius 3 is 1.09 bits per heavy atom. The highest BCUT2D eigenvalue weighted by Crippen LogP contribution is 2.19. The predicted molar refractivity (Wildman–Crippen MR) is 400 cm³/mol. The molecule has 2 radical (unpaired) electrons. The summed E-state index contributed by atoms with van der Waals surface area (Å²) >= 11 is 13.2. The molecule has 0 atom stereocenters. The van der Waals surface area contributed by atoms with Gasteiger partial charge in [0.1, 0.15) is 13.2 Å². The van der Waals surface area contributed by atoms with Crippen molar-refractivity contribution in [3.05, 3.63) is 237 Å². The molecule has 22 heteroatoms. The fraction of sp³-hybridized carbons (Fsp3) is 0.333. The van der Waals surface area contributed by atoms with Crippen molar-refractivity contribution in [3.63, 3.8) is 0 Å². The molecule has 0 bridgehead atoms. The number of ether oxygens (including phenoxy) is 4. The second-order valence-corrected chi connectivity index (χ2v) is 27.2. The Morgan fingerprint density at radius 2 is 0.798 bits per heavy atom. The zero-order valence-corrected chi connectivity index (χ0v) is 62.4. The van der Waals surface area contributed by atoms with E-state index in [0.717, 1.165) is 71.2 Å². The van der Waals surface area contributed by atoms with Gasteiger partial charge in [-0.15, -0.1) is 0 Å². The lowest BCUT2D eigenvalue weighted by Crippen LogP contribution is -2.35. The van der Waals surface area contributed by atoms with Crippen LogP contribution in [-0.4, -0.2) is 99.9 Å². The van der Waals surface area contributed by atoms with E-state index >= 15 is 0 Å². The Morgan fingerprint density at radius 1 is 0.479 bits per heavy atom. The van der Waals surface area contributed by atoms with Gasteiger partial charge in [-0.1, -0.05) is 138 Å². The molecule has 9 rings (SSSR count). The molecule has 6 heterocycles. The van der Waals surface area contributed by atoms with Gasteiger partial charge in [0.05, 0.1) is 42.5 Å². The first-order valence-electron chi connectivity index (χ1n) is 31.1. The fourth-order valence-electron chi connectivity index (χ4n) is 7.85. The third-order valence-corrected chi connectivity index (χ3v) is 16.2. The normalized spacial score (nSPS) is 10.6. The summed E-state index contributed by atoms with van der Waals surface area (Å²) < 4.78 is 49.2. The topological polar surface area (TPSA) is 142 Å². The highest BCUT2D eigenvalue weighted by Gasteiger charge is 2.10. The summed E-state index contributed by atoms with van der Waals surface area (Å²) in [5.74, 6) is 0. The maximum absolute atomic E-state index is 10.7. The van der Waals surface area contributed by atoms with Crippen molar-refractivity contribution in [1.29, 1.82) is 0 Å². The number of alkyl halides is 1. The van der Waals surface area contributed by atoms with Crippen molar-refractivity contribution in [2.75, 3.05) is 33.0 Å². The molecular formula is C72H91B2BrClN6O7P2S3+3. The highest BCUT2D eigenvalue weighted by molar-refractivity contribution is 9.08. The van der Waals surface area contributed by atoms with Crippen LogP contribution in [0.1, 0.15) is 85.4 Å². The highest BCUT2D eigenvalue weighted by atomic mass is 79.9. The first-order valence-corrected chi connectivity index (χ1v) is 38.5. The van der Waals surface area contributed by atoms with E-state index in [-0.39, 0.29) is 23.7 Å². The van der Waals surface area contributed by atoms with Gasteiger partial charge >= 0.3 is 0 Å². The summed E-state index contributed by atoms with van der Waals surface area (Å²) in [7, 11) is 3.31. The van der Waals surface area contributed by atoms with Gasteiger partial charge in [-0.3, -0.25) is 15.0 Å². The van der Waals surface area contributed by atoms with E-state index in [1.165, 1.54) is 67.6 Å². The van der Waals surface area contributed by atoms with Crippen LogP contribution >= 0.6 is 41.1 Å². The van der Waals surface area contributed by atoms with E-state index in [4.69, 9.17) is 58.4 Å². The van der Waals surface area contributed by atoms with Crippen molar-refractivity contribution in [1.82, 2.24) is 15.0 Å². The zero-order valence-electron chi connectivity index (χ0n) is 55.8. The van der Waals surface area contributed by atoms with Crippen molar-refractivity contribution in [3.8, 4) is 33.4 Å². The van der Waals surface area contributed by atoms with Crippen LogP contribution < -0.4 is 24.6 Å². The lowest BCUT2D eigenvalue weighted by atomic mass is 9.93. The summed E-state index contributed by atoms with van der Waals surface area (Å²) in [5.41, 5.74) is 13.1. The molecule has 1 N–H and O–H groups in total. The molecular weight excluding hydrogens is 1360 g/mol. The molecule has 0 aliphatic heterocycles. The van der Waals surface area contributed by atoms with Crippen LogP contribution in [0.25, 0.3) is 33.4 Å². The van der Waals surface area contributed by atoms with Crippen LogP contribution in [0, 0.1) is 6.92 Å². The smallest absolute Gasteiger partial charge is 0.261 e. The van der Waals surface area contributed by atoms with Gasteiger partial charge in [0.2, 0.25) is 14.0 Å². The number of nitrogens with zero attached hydrogens (tertiary/aromatic N) is 6. The number of aliphatic hydroxyl groups excluding tert-OH is 1. The predicted octanol–water partition coefficient (Wildman–Crippen LogP) is 14.0. The van der Waals surface area contributed by atoms with Gasteiger partial charge in [0.15, 0.2) is 56.8 Å². The number of benzene rings is 3. The van der Waals surface area contributed by atoms with E-state index in [1.807, 2.05) is 83.6 Å². The van der Waals surface area contributed by atoms with Gasteiger partial charge in [-0.25, -0.2) is 22.1 Å². The maximum atomic E-state index is 10.7. The molecule has 0 saturated carbocycles. The molecule has 0 spiro atoms. The average Bonchev–Trinajstić information content (AvgIpc) is 1.07. The molecule has 6 aromatic heterocycles. The number of aliphatic hydroxyl groups is 1. The monoisotopic (exact) mass is 1450 g/mol. The largest absolute Gasteiger partial charge is 0.394 e. The van der Waals surface area contributed by atoms with E-state index < -0.39 is 9.05 Å². The van der Waals surface area contributed by atoms with Crippen LogP contribution in [0.2, 0.25) is 0 Å². The summed E-state index contributed by atoms with van der Waals surface area (Å²) in [4.78, 5) is 12.1. The van der Waals surface area contributed by atoms with E-state index in [2.05, 4.69) is 215 Å². The zero-order chi connectivity index (χ0) is 68.8. The van der Waals surface area contributed by atoms with Crippen LogP contribution in [0.5, 0.6) is 0 Å². The Bertz CT molecular complexity index is 3470. The molecule has 9 aromatic rings. The fourth-order valence-corrected chi connectivity index (χ4v) is 10.3. The van der Waals surface area contributed by atoms with E-state index in [0.29, 0.717) is 18.8 Å². The number of halogens is 2. The van der Waals surface area contributed by atoms with Crippen molar-refractivity contribution >= 4 is 98.7 Å². The van der Waals surface area contributed by atoms with E-state index in [9.17, 15) is 8.42 Å². The van der Waals surface area contributed by atoms with Crippen LogP contribution in [0.4, 0.5) is 0 Å². The van der Waals surface area contributed by atoms with Crippen molar-refractivity contribution in [2.45, 2.75) is 130 Å². The summed E-state index contributed by atoms with van der Waals surface area (Å²) in [6.45, 7) is 29.8. The standard InChI is InChI=1S/C22H25BN2OPS.C15H19N2O.C10H8N2.C7H6BBrPS.C7H7ClO2S.C6H14O.C5H12O2/c1-18(2)26-16-15-24-11-7-20(8-12-24)21-9-13-25(14-10-21)17-19-3-5-22(6-4-19)23-27-28;1-13(2)18-12-11-17-9-5-15(6-10-17)14-3-7-16-8-4-14;1-5-11-6-2-9(1)10-3-7-12-8-4-10;9-5-6-1-3-7(4-2-6)8-10-11;1-6-2-4-7(5-3-6)11(8,9)10;1-4-5-7-6(2)3;1-5(2)7-4-3-6/h3-14,18H,15-17H2,1-2H3;3-10,13H,11-12H2,1-2H3;1-8H;1-4H,5H2;2-5H,1H3;6H,4-5H2,1-3H3;5-6H,3-4H2,1-2H3/q+2;+1;;;;;. The average molecular weight is 1450 g/mol. The minimum Gasteiger partial charge on any atom is -0.394 e. The Labute approximate surface area is 588 Å². The molecule has 0 fully saturated rings. The molecule has 13 nitrogen and oxygen atoms in total. The number of pyridine rings is 6. The molecule has 0 amide bonds. The summed E-state index contributed by atoms with van der Waals surface area (Å²) in [6, 6.07) is 48.1. The molecule has 0 unspecified atom stereocenters. The molecule has 0 saturated heterocycles. The van der Waals surface area contributed by atoms with Crippen LogP contribution in [0.3, 0.4) is 0 Å². The SMILES string of the molecule is CC(C)OCCO.CC(C)OCC[n+]1ccc(-c2cc[n+](Cc3ccc([B]P=S)cc3)cc2)cc1.CC(C)OCC[n+]1ccc(-c2ccncc2)cc1.CCCOC(C)C.Cc1ccc(S(=O)(=O)Cl)cc1.S=P[B]c1ccc(CBr)cc1.c1cc(-c2ccncc2)ccn1. The minimum absolute atomic E-state index is 0.123. The number of aryl methyl sites for hydroxylation is 1. The second-order valence-electron chi connectivity index (χ2n) is 21.9. The lowest BCUT2D eigenvalue weighted by Gasteiger charge is -2.05. The second kappa shape index (κ2) is 49.7.